The standard InChI is InChI=1S/C11H9ClFN3O/c1-16-11(14-6-15-16)5-10(17)8-3-2-7(12)4-9(8)13/h2-4,6H,5H2,1H3. The van der Waals surface area contributed by atoms with Crippen LogP contribution in [-0.2, 0) is 13.5 Å². The van der Waals surface area contributed by atoms with E-state index >= 15 is 0 Å². The van der Waals surface area contributed by atoms with Gasteiger partial charge in [0.05, 0.1) is 12.0 Å². The third-order valence-electron chi connectivity index (χ3n) is 2.36. The fourth-order valence-corrected chi connectivity index (χ4v) is 1.59. The van der Waals surface area contributed by atoms with E-state index in [1.807, 2.05) is 0 Å². The lowest BCUT2D eigenvalue weighted by atomic mass is 10.1. The first-order valence-electron chi connectivity index (χ1n) is 4.89. The van der Waals surface area contributed by atoms with Crippen molar-refractivity contribution in [3.8, 4) is 0 Å². The normalized spacial score (nSPS) is 10.5. The van der Waals surface area contributed by atoms with Crippen LogP contribution in [-0.4, -0.2) is 20.5 Å². The van der Waals surface area contributed by atoms with Gasteiger partial charge in [0, 0.05) is 12.1 Å². The molecule has 0 saturated carbocycles. The van der Waals surface area contributed by atoms with Crippen LogP contribution in [0.25, 0.3) is 0 Å². The second kappa shape index (κ2) is 4.63. The highest BCUT2D eigenvalue weighted by Gasteiger charge is 2.14. The molecule has 0 fully saturated rings. The zero-order valence-corrected chi connectivity index (χ0v) is 9.78. The summed E-state index contributed by atoms with van der Waals surface area (Å²) in [7, 11) is 1.67. The van der Waals surface area contributed by atoms with Gasteiger partial charge in [0.15, 0.2) is 5.78 Å². The van der Waals surface area contributed by atoms with E-state index in [0.717, 1.165) is 6.07 Å². The maximum atomic E-state index is 13.5. The minimum absolute atomic E-state index is 0.00898. The molecule has 0 bridgehead atoms. The van der Waals surface area contributed by atoms with E-state index in [1.54, 1.807) is 7.05 Å². The molecule has 0 atom stereocenters. The summed E-state index contributed by atoms with van der Waals surface area (Å²) in [6, 6.07) is 3.97. The van der Waals surface area contributed by atoms with Crippen molar-refractivity contribution in [2.45, 2.75) is 6.42 Å². The zero-order chi connectivity index (χ0) is 12.4. The molecule has 0 aliphatic heterocycles. The average Bonchev–Trinajstić information content (AvgIpc) is 2.64. The molecule has 4 nitrogen and oxygen atoms in total. The fraction of sp³-hybridized carbons (Fsp3) is 0.182. The Labute approximate surface area is 102 Å². The number of nitrogens with zero attached hydrogens (tertiary/aromatic N) is 3. The molecule has 0 spiro atoms. The first kappa shape index (κ1) is 11.7. The molecule has 0 saturated heterocycles. The molecule has 88 valence electrons. The van der Waals surface area contributed by atoms with Crippen LogP contribution in [0.15, 0.2) is 24.5 Å². The Bertz CT molecular complexity index is 568. The Balaban J connectivity index is 2.23. The second-order valence-corrected chi connectivity index (χ2v) is 3.96. The quantitative estimate of drug-likeness (QED) is 0.787. The lowest BCUT2D eigenvalue weighted by Crippen LogP contribution is -2.10. The van der Waals surface area contributed by atoms with Crippen molar-refractivity contribution >= 4 is 17.4 Å². The number of ketones is 1. The number of aryl methyl sites for hydroxylation is 1. The molecule has 1 aromatic carbocycles. The Kier molecular flexibility index (Phi) is 3.19. The molecular formula is C11H9ClFN3O. The Morgan fingerprint density at radius 3 is 2.88 bits per heavy atom. The highest BCUT2D eigenvalue weighted by molar-refractivity contribution is 6.30. The number of hydrogen-bond acceptors (Lipinski definition) is 3. The van der Waals surface area contributed by atoms with Crippen LogP contribution in [0.3, 0.4) is 0 Å². The van der Waals surface area contributed by atoms with Gasteiger partial charge in [-0.15, -0.1) is 0 Å². The topological polar surface area (TPSA) is 47.8 Å². The van der Waals surface area contributed by atoms with Gasteiger partial charge in [0.25, 0.3) is 0 Å². The Morgan fingerprint density at radius 2 is 2.29 bits per heavy atom. The van der Waals surface area contributed by atoms with Crippen molar-refractivity contribution < 1.29 is 9.18 Å². The summed E-state index contributed by atoms with van der Waals surface area (Å²) in [6.45, 7) is 0. The third kappa shape index (κ3) is 2.50. The van der Waals surface area contributed by atoms with Gasteiger partial charge in [-0.3, -0.25) is 9.48 Å². The molecule has 0 aliphatic rings. The number of halogens is 2. The molecule has 6 heteroatoms. The fourth-order valence-electron chi connectivity index (χ4n) is 1.43. The predicted molar refractivity (Wildman–Crippen MR) is 60.4 cm³/mol. The summed E-state index contributed by atoms with van der Waals surface area (Å²) in [4.78, 5) is 15.7. The number of carbonyl (C=O) groups excluding carboxylic acids is 1. The molecule has 2 aromatic rings. The van der Waals surface area contributed by atoms with Gasteiger partial charge in [-0.1, -0.05) is 11.6 Å². The van der Waals surface area contributed by atoms with E-state index in [4.69, 9.17) is 11.6 Å². The smallest absolute Gasteiger partial charge is 0.173 e. The summed E-state index contributed by atoms with van der Waals surface area (Å²) >= 11 is 5.61. The summed E-state index contributed by atoms with van der Waals surface area (Å²) in [5.74, 6) is -0.482. The maximum Gasteiger partial charge on any atom is 0.173 e. The largest absolute Gasteiger partial charge is 0.294 e. The summed E-state index contributed by atoms with van der Waals surface area (Å²) in [5, 5.41) is 4.10. The van der Waals surface area contributed by atoms with E-state index in [-0.39, 0.29) is 22.8 Å². The van der Waals surface area contributed by atoms with Gasteiger partial charge in [-0.2, -0.15) is 5.10 Å². The lowest BCUT2D eigenvalue weighted by molar-refractivity contribution is 0.0986. The van der Waals surface area contributed by atoms with Crippen LogP contribution in [0, 0.1) is 5.82 Å². The van der Waals surface area contributed by atoms with Crippen LogP contribution >= 0.6 is 11.6 Å². The molecule has 0 aliphatic carbocycles. The van der Waals surface area contributed by atoms with Crippen molar-refractivity contribution in [2.75, 3.05) is 0 Å². The summed E-state index contributed by atoms with van der Waals surface area (Å²) in [6.07, 6.45) is 1.36. The molecule has 0 radical (unpaired) electrons. The predicted octanol–water partition coefficient (Wildman–Crippen LogP) is 2.03. The van der Waals surface area contributed by atoms with Gasteiger partial charge in [0.1, 0.15) is 18.0 Å². The van der Waals surface area contributed by atoms with Gasteiger partial charge in [-0.05, 0) is 18.2 Å². The van der Waals surface area contributed by atoms with E-state index < -0.39 is 5.82 Å². The maximum absolute atomic E-state index is 13.5. The van der Waals surface area contributed by atoms with Crippen LogP contribution < -0.4 is 0 Å². The summed E-state index contributed by atoms with van der Waals surface area (Å²) < 4.78 is 15.0. The highest BCUT2D eigenvalue weighted by Crippen LogP contribution is 2.16. The Morgan fingerprint density at radius 1 is 1.53 bits per heavy atom. The van der Waals surface area contributed by atoms with E-state index in [2.05, 4.69) is 10.1 Å². The van der Waals surface area contributed by atoms with Crippen LogP contribution in [0.1, 0.15) is 16.2 Å². The van der Waals surface area contributed by atoms with Crippen molar-refractivity contribution in [1.82, 2.24) is 14.8 Å². The van der Waals surface area contributed by atoms with Gasteiger partial charge >= 0.3 is 0 Å². The summed E-state index contributed by atoms with van der Waals surface area (Å²) in [5.41, 5.74) is 0.0115. The number of rotatable bonds is 3. The van der Waals surface area contributed by atoms with Crippen molar-refractivity contribution in [2.24, 2.45) is 7.05 Å². The van der Waals surface area contributed by atoms with Crippen molar-refractivity contribution in [3.05, 3.63) is 46.8 Å². The van der Waals surface area contributed by atoms with E-state index in [9.17, 15) is 9.18 Å². The second-order valence-electron chi connectivity index (χ2n) is 3.52. The van der Waals surface area contributed by atoms with Crippen molar-refractivity contribution in [3.63, 3.8) is 0 Å². The number of hydrogen-bond donors (Lipinski definition) is 0. The van der Waals surface area contributed by atoms with E-state index in [0.29, 0.717) is 5.82 Å². The monoisotopic (exact) mass is 253 g/mol. The Hall–Kier alpha value is -1.75. The average molecular weight is 254 g/mol. The minimum Gasteiger partial charge on any atom is -0.294 e. The molecular weight excluding hydrogens is 245 g/mol. The van der Waals surface area contributed by atoms with Crippen LogP contribution in [0.2, 0.25) is 5.02 Å². The van der Waals surface area contributed by atoms with Crippen LogP contribution in [0.5, 0.6) is 0 Å². The number of carbonyl (C=O) groups is 1. The number of benzene rings is 1. The van der Waals surface area contributed by atoms with E-state index in [1.165, 1.54) is 23.1 Å². The number of aromatic nitrogens is 3. The first-order chi connectivity index (χ1) is 8.08. The molecule has 1 aromatic heterocycles. The molecule has 2 rings (SSSR count). The first-order valence-corrected chi connectivity index (χ1v) is 5.27. The van der Waals surface area contributed by atoms with Crippen molar-refractivity contribution in [1.29, 1.82) is 0 Å². The molecule has 0 unspecified atom stereocenters. The molecule has 1 heterocycles. The molecule has 0 N–H and O–H groups in total. The van der Waals surface area contributed by atoms with Gasteiger partial charge < -0.3 is 0 Å². The third-order valence-corrected chi connectivity index (χ3v) is 2.59. The zero-order valence-electron chi connectivity index (χ0n) is 9.02. The lowest BCUT2D eigenvalue weighted by Gasteiger charge is -2.02. The molecule has 0 amide bonds. The SMILES string of the molecule is Cn1ncnc1CC(=O)c1ccc(Cl)cc1F. The van der Waals surface area contributed by atoms with Gasteiger partial charge in [-0.25, -0.2) is 9.37 Å². The minimum atomic E-state index is -0.621. The van der Waals surface area contributed by atoms with Gasteiger partial charge in [0.2, 0.25) is 0 Å². The highest BCUT2D eigenvalue weighted by atomic mass is 35.5. The number of Topliss-reactive ketones (excluding diaryl/α,β-unsaturated/α-hetero) is 1. The van der Waals surface area contributed by atoms with Crippen LogP contribution in [0.4, 0.5) is 4.39 Å². The molecule has 17 heavy (non-hydrogen) atoms.